The molecule has 1 heterocycles. The number of hydrogen-bond acceptors (Lipinski definition) is 4. The van der Waals surface area contributed by atoms with Crippen LogP contribution in [-0.2, 0) is 17.2 Å². The molecule has 0 bridgehead atoms. The topological polar surface area (TPSA) is 55.8 Å². The Labute approximate surface area is 155 Å². The van der Waals surface area contributed by atoms with E-state index >= 15 is 0 Å². The van der Waals surface area contributed by atoms with Gasteiger partial charge in [-0.3, -0.25) is 4.21 Å². The molecule has 0 saturated carbocycles. The van der Waals surface area contributed by atoms with Crippen LogP contribution in [0.25, 0.3) is 0 Å². The van der Waals surface area contributed by atoms with E-state index in [1.807, 2.05) is 18.2 Å². The van der Waals surface area contributed by atoms with E-state index in [2.05, 4.69) is 13.8 Å². The zero-order chi connectivity index (χ0) is 18.5. The second-order valence-corrected chi connectivity index (χ2v) is 8.35. The number of unbranched alkanes of at least 4 members (excludes halogenated alkanes) is 5. The van der Waals surface area contributed by atoms with Gasteiger partial charge in [0.2, 0.25) is 6.79 Å². The van der Waals surface area contributed by atoms with Gasteiger partial charge in [0.05, 0.1) is 0 Å². The molecule has 1 aliphatic rings. The van der Waals surface area contributed by atoms with Gasteiger partial charge in [0.1, 0.15) is 0 Å². The molecule has 4 nitrogen and oxygen atoms in total. The van der Waals surface area contributed by atoms with E-state index in [0.717, 1.165) is 30.1 Å². The summed E-state index contributed by atoms with van der Waals surface area (Å²) in [5.74, 6) is 2.45. The highest BCUT2D eigenvalue weighted by atomic mass is 32.2. The molecule has 0 aromatic heterocycles. The molecular weight excluding hydrogens is 336 g/mol. The van der Waals surface area contributed by atoms with Gasteiger partial charge in [0.15, 0.2) is 11.5 Å². The minimum atomic E-state index is -0.743. The van der Waals surface area contributed by atoms with Gasteiger partial charge in [0, 0.05) is 28.4 Å². The van der Waals surface area contributed by atoms with Gasteiger partial charge in [-0.05, 0) is 37.5 Å². The van der Waals surface area contributed by atoms with Crippen molar-refractivity contribution in [1.29, 1.82) is 0 Å². The molecule has 0 amide bonds. The van der Waals surface area contributed by atoms with Gasteiger partial charge in [-0.1, -0.05) is 52.0 Å². The summed E-state index contributed by atoms with van der Waals surface area (Å²) in [6, 6.07) is 6.01. The fourth-order valence-electron chi connectivity index (χ4n) is 2.72. The summed E-state index contributed by atoms with van der Waals surface area (Å²) in [6.07, 6.45) is 8.32. The minimum absolute atomic E-state index is 0.191. The largest absolute Gasteiger partial charge is 0.454 e. The summed E-state index contributed by atoms with van der Waals surface area (Å²) in [4.78, 5) is 0. The Morgan fingerprint density at radius 2 is 1.72 bits per heavy atom. The van der Waals surface area contributed by atoms with E-state index in [0.29, 0.717) is 6.79 Å². The number of ether oxygens (including phenoxy) is 2. The number of aliphatic hydroxyl groups excluding tert-OH is 1. The van der Waals surface area contributed by atoms with E-state index in [-0.39, 0.29) is 11.9 Å². The van der Waals surface area contributed by atoms with Crippen LogP contribution in [-0.4, -0.2) is 33.7 Å². The molecular formula is C20H34O4S. The van der Waals surface area contributed by atoms with Gasteiger partial charge >= 0.3 is 0 Å². The van der Waals surface area contributed by atoms with Crippen LogP contribution in [0.2, 0.25) is 0 Å². The van der Waals surface area contributed by atoms with Crippen molar-refractivity contribution in [3.8, 4) is 11.5 Å². The smallest absolute Gasteiger partial charge is 0.231 e. The average molecular weight is 371 g/mol. The Kier molecular flexibility index (Phi) is 11.6. The number of aliphatic hydroxyl groups is 1. The highest BCUT2D eigenvalue weighted by Crippen LogP contribution is 2.33. The molecule has 2 rings (SSSR count). The van der Waals surface area contributed by atoms with E-state index in [4.69, 9.17) is 14.6 Å². The summed E-state index contributed by atoms with van der Waals surface area (Å²) in [6.45, 7) is 6.54. The highest BCUT2D eigenvalue weighted by Gasteiger charge is 2.16. The maximum absolute atomic E-state index is 12.3. The Bertz CT molecular complexity index is 504. The Hall–Kier alpha value is -1.07. The predicted molar refractivity (Wildman–Crippen MR) is 105 cm³/mol. The Balaban J connectivity index is 0.000000970. The SMILES string of the molecule is CCCCCCCCS(=O)C(C)Cc1ccc2c(c1)OCO2.CCO. The minimum Gasteiger partial charge on any atom is -0.454 e. The molecule has 0 aliphatic carbocycles. The third-order valence-corrected chi connectivity index (χ3v) is 5.86. The number of fused-ring (bicyclic) bond motifs is 1. The van der Waals surface area contributed by atoms with Crippen LogP contribution in [0.1, 0.15) is 64.9 Å². The Morgan fingerprint density at radius 1 is 1.08 bits per heavy atom. The number of hydrogen-bond donors (Lipinski definition) is 1. The maximum atomic E-state index is 12.3. The van der Waals surface area contributed by atoms with Gasteiger partial charge in [-0.2, -0.15) is 0 Å². The van der Waals surface area contributed by atoms with Crippen molar-refractivity contribution < 1.29 is 18.8 Å². The molecule has 2 atom stereocenters. The van der Waals surface area contributed by atoms with Crippen molar-refractivity contribution in [2.75, 3.05) is 19.2 Å². The molecule has 1 aliphatic heterocycles. The molecule has 2 unspecified atom stereocenters. The first-order valence-electron chi connectivity index (χ1n) is 9.48. The second-order valence-electron chi connectivity index (χ2n) is 6.37. The van der Waals surface area contributed by atoms with Crippen LogP contribution < -0.4 is 9.47 Å². The summed E-state index contributed by atoms with van der Waals surface area (Å²) in [5, 5.41) is 7.76. The summed E-state index contributed by atoms with van der Waals surface area (Å²) in [5.41, 5.74) is 1.17. The first-order valence-corrected chi connectivity index (χ1v) is 10.9. The molecule has 0 fully saturated rings. The van der Waals surface area contributed by atoms with Crippen molar-refractivity contribution >= 4 is 10.8 Å². The molecule has 25 heavy (non-hydrogen) atoms. The molecule has 0 saturated heterocycles. The van der Waals surface area contributed by atoms with Crippen molar-refractivity contribution in [3.63, 3.8) is 0 Å². The molecule has 0 spiro atoms. The lowest BCUT2D eigenvalue weighted by Crippen LogP contribution is -2.16. The van der Waals surface area contributed by atoms with Crippen LogP contribution in [0.5, 0.6) is 11.5 Å². The molecule has 144 valence electrons. The quantitative estimate of drug-likeness (QED) is 0.618. The third-order valence-electron chi connectivity index (χ3n) is 4.11. The first kappa shape index (κ1) is 22.0. The van der Waals surface area contributed by atoms with E-state index in [9.17, 15) is 4.21 Å². The van der Waals surface area contributed by atoms with Crippen molar-refractivity contribution in [2.45, 2.75) is 71.0 Å². The molecule has 1 aromatic rings. The summed E-state index contributed by atoms with van der Waals surface area (Å²) >= 11 is 0. The zero-order valence-corrected chi connectivity index (χ0v) is 16.8. The standard InChI is InChI=1S/C18H28O3S.C2H6O/c1-3-4-5-6-7-8-11-22(19)15(2)12-16-9-10-17-18(13-16)21-14-20-17;1-2-3/h9-10,13,15H,3-8,11-12,14H2,1-2H3;3H,2H2,1H3. The lowest BCUT2D eigenvalue weighted by molar-refractivity contribution is 0.174. The molecule has 1 N–H and O–H groups in total. The van der Waals surface area contributed by atoms with Gasteiger partial charge in [-0.25, -0.2) is 0 Å². The summed E-state index contributed by atoms with van der Waals surface area (Å²) in [7, 11) is -0.743. The van der Waals surface area contributed by atoms with Gasteiger partial charge in [-0.15, -0.1) is 0 Å². The number of benzene rings is 1. The van der Waals surface area contributed by atoms with Crippen molar-refractivity contribution in [1.82, 2.24) is 0 Å². The van der Waals surface area contributed by atoms with Crippen LogP contribution >= 0.6 is 0 Å². The normalized spacial score (nSPS) is 14.6. The van der Waals surface area contributed by atoms with Crippen LogP contribution in [0.15, 0.2) is 18.2 Å². The maximum Gasteiger partial charge on any atom is 0.231 e. The second kappa shape index (κ2) is 13.2. The Morgan fingerprint density at radius 3 is 2.44 bits per heavy atom. The van der Waals surface area contributed by atoms with Gasteiger partial charge < -0.3 is 14.6 Å². The fourth-order valence-corrected chi connectivity index (χ4v) is 3.99. The predicted octanol–water partition coefficient (Wildman–Crippen LogP) is 4.45. The first-order chi connectivity index (χ1) is 12.1. The lowest BCUT2D eigenvalue weighted by Gasteiger charge is -2.12. The van der Waals surface area contributed by atoms with Crippen molar-refractivity contribution in [2.24, 2.45) is 0 Å². The van der Waals surface area contributed by atoms with E-state index in [1.165, 1.54) is 37.7 Å². The fraction of sp³-hybridized carbons (Fsp3) is 0.700. The zero-order valence-electron chi connectivity index (χ0n) is 16.0. The van der Waals surface area contributed by atoms with Crippen molar-refractivity contribution in [3.05, 3.63) is 23.8 Å². The highest BCUT2D eigenvalue weighted by molar-refractivity contribution is 7.85. The van der Waals surface area contributed by atoms with Gasteiger partial charge in [0.25, 0.3) is 0 Å². The van der Waals surface area contributed by atoms with Crippen LogP contribution in [0.3, 0.4) is 0 Å². The third kappa shape index (κ3) is 8.73. The van der Waals surface area contributed by atoms with E-state index in [1.54, 1.807) is 6.92 Å². The lowest BCUT2D eigenvalue weighted by atomic mass is 10.1. The average Bonchev–Trinajstić information content (AvgIpc) is 3.06. The van der Waals surface area contributed by atoms with Crippen LogP contribution in [0, 0.1) is 0 Å². The summed E-state index contributed by atoms with van der Waals surface area (Å²) < 4.78 is 23.0. The van der Waals surface area contributed by atoms with Crippen LogP contribution in [0.4, 0.5) is 0 Å². The van der Waals surface area contributed by atoms with E-state index < -0.39 is 10.8 Å². The number of rotatable bonds is 10. The monoisotopic (exact) mass is 370 g/mol. The molecule has 0 radical (unpaired) electrons. The molecule has 1 aromatic carbocycles. The molecule has 5 heteroatoms.